The molecule has 1 saturated heterocycles. The largest absolute Gasteiger partial charge is 0.488 e. The Morgan fingerprint density at radius 3 is 2.38 bits per heavy atom. The van der Waals surface area contributed by atoms with Gasteiger partial charge in [-0.1, -0.05) is 12.1 Å². The van der Waals surface area contributed by atoms with Gasteiger partial charge in [-0.3, -0.25) is 0 Å². The van der Waals surface area contributed by atoms with E-state index >= 15 is 0 Å². The number of rotatable bonds is 2. The summed E-state index contributed by atoms with van der Waals surface area (Å²) in [4.78, 5) is 0. The van der Waals surface area contributed by atoms with E-state index in [0.29, 0.717) is 5.92 Å². The molecule has 0 radical (unpaired) electrons. The SMILES string of the molecule is CC(C)(C)Oc1ccc([C@@H]2CCNC2)cc1. The van der Waals surface area contributed by atoms with Gasteiger partial charge in [-0.25, -0.2) is 0 Å². The predicted molar refractivity (Wildman–Crippen MR) is 67.1 cm³/mol. The quantitative estimate of drug-likeness (QED) is 0.825. The normalized spacial score (nSPS) is 21.1. The first-order valence-corrected chi connectivity index (χ1v) is 6.04. The zero-order valence-electron chi connectivity index (χ0n) is 10.4. The van der Waals surface area contributed by atoms with Crippen molar-refractivity contribution < 1.29 is 4.74 Å². The molecule has 16 heavy (non-hydrogen) atoms. The van der Waals surface area contributed by atoms with E-state index < -0.39 is 0 Å². The standard InChI is InChI=1S/C14H21NO/c1-14(2,3)16-13-6-4-11(5-7-13)12-8-9-15-10-12/h4-7,12,15H,8-10H2,1-3H3/t12-/m1/s1. The van der Waals surface area contributed by atoms with Crippen LogP contribution in [0, 0.1) is 0 Å². The molecule has 1 aromatic rings. The zero-order valence-corrected chi connectivity index (χ0v) is 10.4. The molecule has 0 aromatic heterocycles. The molecular weight excluding hydrogens is 198 g/mol. The molecule has 0 unspecified atom stereocenters. The molecule has 2 heteroatoms. The number of hydrogen-bond donors (Lipinski definition) is 1. The minimum atomic E-state index is -0.115. The number of nitrogens with one attached hydrogen (secondary N) is 1. The molecule has 1 aliphatic heterocycles. The van der Waals surface area contributed by atoms with E-state index in [-0.39, 0.29) is 5.60 Å². The van der Waals surface area contributed by atoms with E-state index in [2.05, 4.69) is 50.4 Å². The first-order chi connectivity index (χ1) is 7.54. The molecule has 1 aromatic carbocycles. The van der Waals surface area contributed by atoms with Crippen molar-refractivity contribution in [2.24, 2.45) is 0 Å². The second-order valence-electron chi connectivity index (χ2n) is 5.47. The van der Waals surface area contributed by atoms with Gasteiger partial charge in [-0.15, -0.1) is 0 Å². The van der Waals surface area contributed by atoms with Gasteiger partial charge >= 0.3 is 0 Å². The first-order valence-electron chi connectivity index (χ1n) is 6.04. The van der Waals surface area contributed by atoms with Crippen LogP contribution >= 0.6 is 0 Å². The third kappa shape index (κ3) is 2.99. The Morgan fingerprint density at radius 1 is 1.19 bits per heavy atom. The molecule has 1 N–H and O–H groups in total. The lowest BCUT2D eigenvalue weighted by molar-refractivity contribution is 0.131. The molecule has 1 atom stereocenters. The van der Waals surface area contributed by atoms with Crippen LogP contribution in [0.5, 0.6) is 5.75 Å². The molecule has 2 nitrogen and oxygen atoms in total. The molecule has 0 amide bonds. The van der Waals surface area contributed by atoms with Gasteiger partial charge < -0.3 is 10.1 Å². The van der Waals surface area contributed by atoms with Crippen LogP contribution in [0.1, 0.15) is 38.7 Å². The van der Waals surface area contributed by atoms with Crippen molar-refractivity contribution in [1.29, 1.82) is 0 Å². The summed E-state index contributed by atoms with van der Waals surface area (Å²) in [7, 11) is 0. The third-order valence-electron chi connectivity index (χ3n) is 2.84. The van der Waals surface area contributed by atoms with E-state index in [1.165, 1.54) is 12.0 Å². The highest BCUT2D eigenvalue weighted by molar-refractivity contribution is 5.30. The summed E-state index contributed by atoms with van der Waals surface area (Å²) in [5.74, 6) is 1.64. The van der Waals surface area contributed by atoms with Crippen LogP contribution in [0.25, 0.3) is 0 Å². The average molecular weight is 219 g/mol. The highest BCUT2D eigenvalue weighted by Crippen LogP contribution is 2.25. The zero-order chi connectivity index (χ0) is 11.6. The summed E-state index contributed by atoms with van der Waals surface area (Å²) in [6.45, 7) is 8.47. The Morgan fingerprint density at radius 2 is 1.88 bits per heavy atom. The van der Waals surface area contributed by atoms with Gasteiger partial charge in [-0.2, -0.15) is 0 Å². The summed E-state index contributed by atoms with van der Waals surface area (Å²) in [6.07, 6.45) is 1.25. The Kier molecular flexibility index (Phi) is 3.20. The predicted octanol–water partition coefficient (Wildman–Crippen LogP) is 2.94. The van der Waals surface area contributed by atoms with Gasteiger partial charge in [0.25, 0.3) is 0 Å². The number of ether oxygens (including phenoxy) is 1. The number of hydrogen-bond acceptors (Lipinski definition) is 2. The Balaban J connectivity index is 2.04. The van der Waals surface area contributed by atoms with Crippen molar-refractivity contribution in [3.8, 4) is 5.75 Å². The van der Waals surface area contributed by atoms with Gasteiger partial charge in [0.1, 0.15) is 11.4 Å². The van der Waals surface area contributed by atoms with E-state index in [4.69, 9.17) is 4.74 Å². The Bertz CT molecular complexity index is 331. The van der Waals surface area contributed by atoms with E-state index in [9.17, 15) is 0 Å². The van der Waals surface area contributed by atoms with Crippen LogP contribution in [-0.4, -0.2) is 18.7 Å². The molecule has 88 valence electrons. The molecule has 0 spiro atoms. The lowest BCUT2D eigenvalue weighted by Gasteiger charge is -2.21. The Hall–Kier alpha value is -1.02. The van der Waals surface area contributed by atoms with E-state index in [0.717, 1.165) is 18.8 Å². The van der Waals surface area contributed by atoms with Crippen LogP contribution in [-0.2, 0) is 0 Å². The summed E-state index contributed by atoms with van der Waals surface area (Å²) >= 11 is 0. The molecule has 0 aliphatic carbocycles. The Labute approximate surface area is 98.0 Å². The topological polar surface area (TPSA) is 21.3 Å². The smallest absolute Gasteiger partial charge is 0.120 e. The second-order valence-corrected chi connectivity index (χ2v) is 5.47. The van der Waals surface area contributed by atoms with Crippen molar-refractivity contribution >= 4 is 0 Å². The first kappa shape index (κ1) is 11.5. The monoisotopic (exact) mass is 219 g/mol. The maximum Gasteiger partial charge on any atom is 0.120 e. The van der Waals surface area contributed by atoms with E-state index in [1.807, 2.05) is 0 Å². The van der Waals surface area contributed by atoms with Crippen LogP contribution < -0.4 is 10.1 Å². The molecule has 0 saturated carbocycles. The molecular formula is C14H21NO. The van der Waals surface area contributed by atoms with Gasteiger partial charge in [-0.05, 0) is 57.4 Å². The summed E-state index contributed by atoms with van der Waals surface area (Å²) in [5, 5.41) is 3.39. The average Bonchev–Trinajstić information content (AvgIpc) is 2.69. The minimum Gasteiger partial charge on any atom is -0.488 e. The maximum absolute atomic E-state index is 5.80. The van der Waals surface area contributed by atoms with Crippen molar-refractivity contribution in [2.45, 2.75) is 38.7 Å². The fraction of sp³-hybridized carbons (Fsp3) is 0.571. The molecule has 0 bridgehead atoms. The van der Waals surface area contributed by atoms with Crippen molar-refractivity contribution in [3.63, 3.8) is 0 Å². The van der Waals surface area contributed by atoms with Crippen molar-refractivity contribution in [1.82, 2.24) is 5.32 Å². The fourth-order valence-corrected chi connectivity index (χ4v) is 2.10. The lowest BCUT2D eigenvalue weighted by Crippen LogP contribution is -2.22. The van der Waals surface area contributed by atoms with Gasteiger partial charge in [0.2, 0.25) is 0 Å². The molecule has 1 fully saturated rings. The summed E-state index contributed by atoms with van der Waals surface area (Å²) in [5.41, 5.74) is 1.31. The molecule has 2 rings (SSSR count). The van der Waals surface area contributed by atoms with Crippen molar-refractivity contribution in [3.05, 3.63) is 29.8 Å². The highest BCUT2D eigenvalue weighted by atomic mass is 16.5. The lowest BCUT2D eigenvalue weighted by atomic mass is 9.98. The molecule has 1 aliphatic rings. The van der Waals surface area contributed by atoms with Crippen LogP contribution in [0.4, 0.5) is 0 Å². The minimum absolute atomic E-state index is 0.115. The second kappa shape index (κ2) is 4.46. The van der Waals surface area contributed by atoms with Crippen LogP contribution in [0.3, 0.4) is 0 Å². The van der Waals surface area contributed by atoms with E-state index in [1.54, 1.807) is 0 Å². The van der Waals surface area contributed by atoms with Crippen LogP contribution in [0.15, 0.2) is 24.3 Å². The highest BCUT2D eigenvalue weighted by Gasteiger charge is 2.17. The summed E-state index contributed by atoms with van der Waals surface area (Å²) < 4.78 is 5.80. The summed E-state index contributed by atoms with van der Waals surface area (Å²) in [6, 6.07) is 8.55. The van der Waals surface area contributed by atoms with Crippen molar-refractivity contribution in [2.75, 3.05) is 13.1 Å². The van der Waals surface area contributed by atoms with Gasteiger partial charge in [0, 0.05) is 6.54 Å². The van der Waals surface area contributed by atoms with Gasteiger partial charge in [0.15, 0.2) is 0 Å². The third-order valence-corrected chi connectivity index (χ3v) is 2.84. The number of benzene rings is 1. The fourth-order valence-electron chi connectivity index (χ4n) is 2.10. The van der Waals surface area contributed by atoms with Gasteiger partial charge in [0.05, 0.1) is 0 Å². The maximum atomic E-state index is 5.80. The van der Waals surface area contributed by atoms with Crippen LogP contribution in [0.2, 0.25) is 0 Å². The molecule has 1 heterocycles.